The highest BCUT2D eigenvalue weighted by Crippen LogP contribution is 2.23. The molecule has 3 aromatic rings. The van der Waals surface area contributed by atoms with E-state index in [2.05, 4.69) is 30.9 Å². The number of carboxylic acids is 1. The highest BCUT2D eigenvalue weighted by Gasteiger charge is 2.38. The monoisotopic (exact) mass is 464 g/mol. The number of hydrogen-bond donors (Lipinski definition) is 5. The number of carboxylic acid groups (broad SMARTS) is 1. The molecule has 4 rings (SSSR count). The first kappa shape index (κ1) is 24.0. The smallest absolute Gasteiger partial charge is 0.475 e. The number of hydrogen-bond acceptors (Lipinski definition) is 7. The number of nitrogens with zero attached hydrogens (tertiary/aromatic N) is 2. The molecular formula is C21H23F3N6O3. The molecule has 176 valence electrons. The van der Waals surface area contributed by atoms with Gasteiger partial charge in [0.25, 0.3) is 5.56 Å². The molecule has 0 spiro atoms. The quantitative estimate of drug-likeness (QED) is 0.398. The van der Waals surface area contributed by atoms with Gasteiger partial charge in [-0.25, -0.2) is 9.78 Å². The number of anilines is 3. The number of aliphatic carboxylic acids is 1. The predicted octanol–water partition coefficient (Wildman–Crippen LogP) is 3.17. The van der Waals surface area contributed by atoms with E-state index in [1.54, 1.807) is 12.3 Å². The lowest BCUT2D eigenvalue weighted by Gasteiger charge is -2.24. The van der Waals surface area contributed by atoms with Crippen LogP contribution in [-0.4, -0.2) is 51.3 Å². The van der Waals surface area contributed by atoms with Crippen LogP contribution >= 0.6 is 0 Å². The van der Waals surface area contributed by atoms with Gasteiger partial charge in [-0.15, -0.1) is 0 Å². The van der Waals surface area contributed by atoms with Crippen molar-refractivity contribution < 1.29 is 23.1 Å². The standard InChI is InChI=1S/C19H22N6O.C2HF3O2/c1-12-4-2-5-13(10-12)22-17-16-15(7-9-21-18(16)26)24-19(25-17)23-14-6-3-8-20-11-14;3-2(4,5)1(6)7/h2,4-5,7,9-10,14,20H,3,6,8,11H2,1H3,(H,21,26)(H2,22,23,24,25);(H,6,7)/t14-;/m1./s1. The van der Waals surface area contributed by atoms with Crippen molar-refractivity contribution in [1.82, 2.24) is 20.3 Å². The van der Waals surface area contributed by atoms with Crippen LogP contribution in [-0.2, 0) is 4.79 Å². The molecule has 0 radical (unpaired) electrons. The van der Waals surface area contributed by atoms with Crippen LogP contribution in [0.1, 0.15) is 18.4 Å². The van der Waals surface area contributed by atoms with E-state index < -0.39 is 12.1 Å². The highest BCUT2D eigenvalue weighted by molar-refractivity contribution is 5.90. The van der Waals surface area contributed by atoms with Crippen LogP contribution in [0.5, 0.6) is 0 Å². The van der Waals surface area contributed by atoms with Crippen molar-refractivity contribution in [3.05, 3.63) is 52.4 Å². The first-order valence-electron chi connectivity index (χ1n) is 10.1. The Morgan fingerprint density at radius 1 is 1.24 bits per heavy atom. The van der Waals surface area contributed by atoms with Gasteiger partial charge in [0.1, 0.15) is 11.2 Å². The Morgan fingerprint density at radius 3 is 2.64 bits per heavy atom. The van der Waals surface area contributed by atoms with E-state index in [1.165, 1.54) is 0 Å². The van der Waals surface area contributed by atoms with E-state index in [0.29, 0.717) is 22.7 Å². The summed E-state index contributed by atoms with van der Waals surface area (Å²) in [5, 5.41) is 17.6. The van der Waals surface area contributed by atoms with Crippen molar-refractivity contribution in [3.63, 3.8) is 0 Å². The van der Waals surface area contributed by atoms with E-state index in [4.69, 9.17) is 9.90 Å². The molecule has 1 saturated heterocycles. The van der Waals surface area contributed by atoms with Crippen LogP contribution in [0.3, 0.4) is 0 Å². The van der Waals surface area contributed by atoms with Gasteiger partial charge in [-0.3, -0.25) is 4.79 Å². The molecule has 1 aliphatic heterocycles. The van der Waals surface area contributed by atoms with Crippen molar-refractivity contribution >= 4 is 34.3 Å². The molecular weight excluding hydrogens is 441 g/mol. The summed E-state index contributed by atoms with van der Waals surface area (Å²) in [6.45, 7) is 3.96. The minimum Gasteiger partial charge on any atom is -0.475 e. The fourth-order valence-electron chi connectivity index (χ4n) is 3.26. The summed E-state index contributed by atoms with van der Waals surface area (Å²) in [6.07, 6.45) is -1.27. The maximum absolute atomic E-state index is 12.4. The number of alkyl halides is 3. The summed E-state index contributed by atoms with van der Waals surface area (Å²) in [7, 11) is 0. The van der Waals surface area contributed by atoms with Gasteiger partial charge in [-0.05, 0) is 50.1 Å². The molecule has 1 atom stereocenters. The van der Waals surface area contributed by atoms with Crippen molar-refractivity contribution in [2.75, 3.05) is 23.7 Å². The fourth-order valence-corrected chi connectivity index (χ4v) is 3.26. The fraction of sp³-hybridized carbons (Fsp3) is 0.333. The third-order valence-corrected chi connectivity index (χ3v) is 4.77. The molecule has 5 N–H and O–H groups in total. The minimum atomic E-state index is -5.08. The summed E-state index contributed by atoms with van der Waals surface area (Å²) in [6, 6.07) is 10.1. The maximum atomic E-state index is 12.4. The molecule has 0 amide bonds. The number of fused-ring (bicyclic) bond motifs is 1. The Morgan fingerprint density at radius 2 is 2.00 bits per heavy atom. The average Bonchev–Trinajstić information content (AvgIpc) is 2.74. The van der Waals surface area contributed by atoms with Gasteiger partial charge in [0.15, 0.2) is 0 Å². The van der Waals surface area contributed by atoms with Gasteiger partial charge in [0.05, 0.1) is 5.52 Å². The summed E-state index contributed by atoms with van der Waals surface area (Å²) in [5.41, 5.74) is 2.43. The lowest BCUT2D eigenvalue weighted by Crippen LogP contribution is -2.38. The topological polar surface area (TPSA) is 132 Å². The lowest BCUT2D eigenvalue weighted by molar-refractivity contribution is -0.192. The summed E-state index contributed by atoms with van der Waals surface area (Å²) in [5.74, 6) is -1.71. The number of nitrogens with one attached hydrogen (secondary N) is 4. The lowest BCUT2D eigenvalue weighted by atomic mass is 10.1. The van der Waals surface area contributed by atoms with Crippen LogP contribution in [0.4, 0.5) is 30.6 Å². The zero-order chi connectivity index (χ0) is 24.0. The van der Waals surface area contributed by atoms with E-state index in [1.807, 2.05) is 31.2 Å². The number of aryl methyl sites for hydroxylation is 1. The summed E-state index contributed by atoms with van der Waals surface area (Å²) < 4.78 is 31.7. The van der Waals surface area contributed by atoms with E-state index >= 15 is 0 Å². The molecule has 1 aromatic carbocycles. The average molecular weight is 464 g/mol. The van der Waals surface area contributed by atoms with E-state index in [9.17, 15) is 18.0 Å². The first-order chi connectivity index (χ1) is 15.6. The number of aromatic nitrogens is 3. The molecule has 12 heteroatoms. The molecule has 9 nitrogen and oxygen atoms in total. The van der Waals surface area contributed by atoms with Gasteiger partial charge in [-0.1, -0.05) is 12.1 Å². The molecule has 1 aliphatic rings. The normalized spacial score (nSPS) is 15.9. The molecule has 0 unspecified atom stereocenters. The number of piperidine rings is 1. The summed E-state index contributed by atoms with van der Waals surface area (Å²) >= 11 is 0. The molecule has 0 saturated carbocycles. The number of halogens is 3. The Kier molecular flexibility index (Phi) is 7.48. The third kappa shape index (κ3) is 6.65. The Labute approximate surface area is 186 Å². The summed E-state index contributed by atoms with van der Waals surface area (Å²) in [4.78, 5) is 33.1. The van der Waals surface area contributed by atoms with Crippen LogP contribution in [0.25, 0.3) is 10.9 Å². The van der Waals surface area contributed by atoms with Crippen molar-refractivity contribution in [1.29, 1.82) is 0 Å². The molecule has 3 heterocycles. The van der Waals surface area contributed by atoms with Crippen LogP contribution in [0, 0.1) is 6.92 Å². The molecule has 0 bridgehead atoms. The van der Waals surface area contributed by atoms with Crippen LogP contribution in [0.15, 0.2) is 41.3 Å². The van der Waals surface area contributed by atoms with Gasteiger partial charge < -0.3 is 26.0 Å². The second-order valence-corrected chi connectivity index (χ2v) is 7.45. The first-order valence-corrected chi connectivity index (χ1v) is 10.1. The second-order valence-electron chi connectivity index (χ2n) is 7.45. The minimum absolute atomic E-state index is 0.205. The molecule has 2 aromatic heterocycles. The molecule has 0 aliphatic carbocycles. The number of carbonyl (C=O) groups is 1. The highest BCUT2D eigenvalue weighted by atomic mass is 19.4. The van der Waals surface area contributed by atoms with Crippen molar-refractivity contribution in [3.8, 4) is 0 Å². The Hall–Kier alpha value is -3.67. The van der Waals surface area contributed by atoms with Gasteiger partial charge >= 0.3 is 12.1 Å². The SMILES string of the molecule is Cc1cccc(Nc2nc(N[C@@H]3CCCNC3)nc3cc[nH]c(=O)c23)c1.O=C(O)C(F)(F)F. The Bertz CT molecular complexity index is 1180. The molecule has 33 heavy (non-hydrogen) atoms. The molecule has 1 fully saturated rings. The number of benzene rings is 1. The number of pyridine rings is 1. The Balaban J connectivity index is 0.000000383. The maximum Gasteiger partial charge on any atom is 0.490 e. The van der Waals surface area contributed by atoms with E-state index in [0.717, 1.165) is 37.2 Å². The number of aromatic amines is 1. The third-order valence-electron chi connectivity index (χ3n) is 4.77. The predicted molar refractivity (Wildman–Crippen MR) is 118 cm³/mol. The van der Waals surface area contributed by atoms with Gasteiger partial charge in [0.2, 0.25) is 5.95 Å². The van der Waals surface area contributed by atoms with Crippen molar-refractivity contribution in [2.45, 2.75) is 32.0 Å². The van der Waals surface area contributed by atoms with Gasteiger partial charge in [-0.2, -0.15) is 18.2 Å². The largest absolute Gasteiger partial charge is 0.490 e. The number of H-pyrrole nitrogens is 1. The van der Waals surface area contributed by atoms with E-state index in [-0.39, 0.29) is 11.6 Å². The second kappa shape index (κ2) is 10.3. The number of rotatable bonds is 4. The van der Waals surface area contributed by atoms with Gasteiger partial charge in [0, 0.05) is 24.5 Å². The zero-order valence-corrected chi connectivity index (χ0v) is 17.7. The van der Waals surface area contributed by atoms with Crippen LogP contribution in [0.2, 0.25) is 0 Å². The zero-order valence-electron chi connectivity index (χ0n) is 17.7. The van der Waals surface area contributed by atoms with Crippen molar-refractivity contribution in [2.24, 2.45) is 0 Å². The van der Waals surface area contributed by atoms with Crippen LogP contribution < -0.4 is 21.5 Å².